The van der Waals surface area contributed by atoms with Crippen molar-refractivity contribution >= 4 is 35.0 Å². The molecule has 11 nitrogen and oxygen atoms in total. The lowest BCUT2D eigenvalue weighted by Crippen LogP contribution is -2.42. The number of aromatic nitrogens is 3. The van der Waals surface area contributed by atoms with Crippen molar-refractivity contribution in [1.29, 1.82) is 0 Å². The first-order valence-electron chi connectivity index (χ1n) is 14.6. The maximum absolute atomic E-state index is 15.7. The van der Waals surface area contributed by atoms with Crippen LogP contribution in [0.5, 0.6) is 0 Å². The SMILES string of the molecule is CCN(C(=O)OC(C)(C)C)c1cnc(-c2c(C(=O)N[C@H]3N=C(c4ccccc4)c4ccccc4NC3=O)cnn2CC)c(F)c1. The number of anilines is 2. The van der Waals surface area contributed by atoms with Gasteiger partial charge in [0.1, 0.15) is 17.0 Å². The van der Waals surface area contributed by atoms with Crippen LogP contribution < -0.4 is 15.5 Å². The number of fused-ring (bicyclic) bond motifs is 1. The second-order valence-corrected chi connectivity index (χ2v) is 11.2. The van der Waals surface area contributed by atoms with Crippen LogP contribution in [-0.2, 0) is 16.1 Å². The van der Waals surface area contributed by atoms with E-state index in [2.05, 4.69) is 25.7 Å². The van der Waals surface area contributed by atoms with Crippen LogP contribution in [0.1, 0.15) is 56.1 Å². The van der Waals surface area contributed by atoms with Crippen molar-refractivity contribution in [1.82, 2.24) is 20.1 Å². The van der Waals surface area contributed by atoms with Gasteiger partial charge in [0.25, 0.3) is 11.8 Å². The molecule has 0 unspecified atom stereocenters. The molecule has 232 valence electrons. The quantitative estimate of drug-likeness (QED) is 0.287. The standard InChI is InChI=1S/C33H34FN7O4/c1-6-40(32(44)45-33(3,4)5)21-17-24(34)27(35-18-21)28-23(19-36-41(28)7-2)30(42)39-29-31(43)37-25-16-12-11-15-22(25)26(38-29)20-13-9-8-10-14-20/h8-19,29H,6-7H2,1-5H3,(H,37,43)(H,39,42)/t29-/m1/s1. The molecule has 0 saturated heterocycles. The van der Waals surface area contributed by atoms with Crippen molar-refractivity contribution in [3.05, 3.63) is 95.6 Å². The number of amides is 3. The molecule has 1 aliphatic rings. The molecule has 0 bridgehead atoms. The summed E-state index contributed by atoms with van der Waals surface area (Å²) in [4.78, 5) is 50.0. The van der Waals surface area contributed by atoms with Crippen molar-refractivity contribution < 1.29 is 23.5 Å². The summed E-state index contributed by atoms with van der Waals surface area (Å²) in [5.74, 6) is -2.01. The summed E-state index contributed by atoms with van der Waals surface area (Å²) in [6.07, 6.45) is 0.697. The van der Waals surface area contributed by atoms with Gasteiger partial charge in [0.05, 0.1) is 35.0 Å². The maximum Gasteiger partial charge on any atom is 0.414 e. The maximum atomic E-state index is 15.7. The van der Waals surface area contributed by atoms with Gasteiger partial charge in [0, 0.05) is 30.3 Å². The van der Waals surface area contributed by atoms with E-state index in [1.165, 1.54) is 22.0 Å². The molecule has 5 rings (SSSR count). The van der Waals surface area contributed by atoms with E-state index in [-0.39, 0.29) is 29.2 Å². The molecule has 0 spiro atoms. The summed E-state index contributed by atoms with van der Waals surface area (Å²) >= 11 is 0. The number of hydrogen-bond acceptors (Lipinski definition) is 7. The highest BCUT2D eigenvalue weighted by Crippen LogP contribution is 2.29. The number of hydrogen-bond donors (Lipinski definition) is 2. The number of nitrogens with zero attached hydrogens (tertiary/aromatic N) is 5. The largest absolute Gasteiger partial charge is 0.443 e. The Kier molecular flexibility index (Phi) is 8.75. The summed E-state index contributed by atoms with van der Waals surface area (Å²) in [6, 6.07) is 17.7. The molecule has 12 heteroatoms. The van der Waals surface area contributed by atoms with Gasteiger partial charge >= 0.3 is 6.09 Å². The Morgan fingerprint density at radius 1 is 1.07 bits per heavy atom. The molecule has 1 aliphatic heterocycles. The molecule has 1 atom stereocenters. The molecule has 2 aromatic heterocycles. The Morgan fingerprint density at radius 2 is 1.78 bits per heavy atom. The average molecular weight is 612 g/mol. The first-order valence-corrected chi connectivity index (χ1v) is 14.6. The van der Waals surface area contributed by atoms with Crippen molar-refractivity contribution in [3.8, 4) is 11.4 Å². The normalized spacial score (nSPS) is 14.5. The third-order valence-electron chi connectivity index (χ3n) is 6.94. The Hall–Kier alpha value is -5.39. The third-order valence-corrected chi connectivity index (χ3v) is 6.94. The van der Waals surface area contributed by atoms with Gasteiger partial charge < -0.3 is 15.4 Å². The van der Waals surface area contributed by atoms with Crippen LogP contribution in [0, 0.1) is 5.82 Å². The van der Waals surface area contributed by atoms with E-state index in [0.717, 1.165) is 11.6 Å². The van der Waals surface area contributed by atoms with Crippen LogP contribution in [0.25, 0.3) is 11.4 Å². The Morgan fingerprint density at radius 3 is 2.44 bits per heavy atom. The Balaban J connectivity index is 1.48. The molecule has 3 amide bonds. The molecule has 0 aliphatic carbocycles. The average Bonchev–Trinajstić information content (AvgIpc) is 3.38. The van der Waals surface area contributed by atoms with E-state index in [1.54, 1.807) is 46.8 Å². The van der Waals surface area contributed by atoms with Crippen LogP contribution in [0.4, 0.5) is 20.6 Å². The van der Waals surface area contributed by atoms with Crippen molar-refractivity contribution in [2.45, 2.75) is 52.9 Å². The van der Waals surface area contributed by atoms with E-state index >= 15 is 4.39 Å². The molecule has 4 aromatic rings. The second kappa shape index (κ2) is 12.7. The fourth-order valence-electron chi connectivity index (χ4n) is 4.91. The summed E-state index contributed by atoms with van der Waals surface area (Å²) in [5, 5.41) is 9.80. The van der Waals surface area contributed by atoms with E-state index < -0.39 is 35.5 Å². The molecule has 2 aromatic carbocycles. The molecule has 45 heavy (non-hydrogen) atoms. The number of aryl methyl sites for hydroxylation is 1. The van der Waals surface area contributed by atoms with E-state index in [9.17, 15) is 14.4 Å². The lowest BCUT2D eigenvalue weighted by molar-refractivity contribution is -0.117. The number of carbonyl (C=O) groups is 3. The molecule has 0 saturated carbocycles. The van der Waals surface area contributed by atoms with Crippen molar-refractivity contribution in [2.24, 2.45) is 4.99 Å². The predicted molar refractivity (Wildman–Crippen MR) is 169 cm³/mol. The number of halogens is 1. The van der Waals surface area contributed by atoms with Crippen LogP contribution in [0.3, 0.4) is 0 Å². The fraction of sp³-hybridized carbons (Fsp3) is 0.273. The second-order valence-electron chi connectivity index (χ2n) is 11.2. The van der Waals surface area contributed by atoms with Crippen LogP contribution in [-0.4, -0.2) is 56.7 Å². The van der Waals surface area contributed by atoms with E-state index in [4.69, 9.17) is 4.74 Å². The smallest absolute Gasteiger partial charge is 0.414 e. The number of carbonyl (C=O) groups excluding carboxylic acids is 3. The van der Waals surface area contributed by atoms with Gasteiger partial charge in [-0.2, -0.15) is 5.10 Å². The van der Waals surface area contributed by atoms with Gasteiger partial charge in [-0.15, -0.1) is 0 Å². The molecule has 3 heterocycles. The predicted octanol–water partition coefficient (Wildman–Crippen LogP) is 5.41. The van der Waals surface area contributed by atoms with Crippen molar-refractivity contribution in [2.75, 3.05) is 16.8 Å². The van der Waals surface area contributed by atoms with E-state index in [1.807, 2.05) is 42.5 Å². The number of rotatable bonds is 7. The number of pyridine rings is 1. The monoisotopic (exact) mass is 611 g/mol. The summed E-state index contributed by atoms with van der Waals surface area (Å²) in [7, 11) is 0. The minimum Gasteiger partial charge on any atom is -0.443 e. The minimum absolute atomic E-state index is 0.00140. The zero-order chi connectivity index (χ0) is 32.3. The van der Waals surface area contributed by atoms with E-state index in [0.29, 0.717) is 23.5 Å². The summed E-state index contributed by atoms with van der Waals surface area (Å²) in [6.45, 7) is 9.27. The highest BCUT2D eigenvalue weighted by molar-refractivity contribution is 6.20. The van der Waals surface area contributed by atoms with Gasteiger partial charge in [0.15, 0.2) is 5.82 Å². The van der Waals surface area contributed by atoms with Crippen LogP contribution >= 0.6 is 0 Å². The highest BCUT2D eigenvalue weighted by atomic mass is 19.1. The number of nitrogens with one attached hydrogen (secondary N) is 2. The number of ether oxygens (including phenoxy) is 1. The minimum atomic E-state index is -1.30. The number of benzodiazepines with no additional fused rings is 1. The van der Waals surface area contributed by atoms with Gasteiger partial charge in [0.2, 0.25) is 6.17 Å². The van der Waals surface area contributed by atoms with Gasteiger partial charge in [-0.3, -0.25) is 19.2 Å². The third kappa shape index (κ3) is 6.59. The van der Waals surface area contributed by atoms with Crippen molar-refractivity contribution in [3.63, 3.8) is 0 Å². The molecule has 0 fully saturated rings. The van der Waals surface area contributed by atoms with Gasteiger partial charge in [-0.1, -0.05) is 48.5 Å². The summed E-state index contributed by atoms with van der Waals surface area (Å²) in [5.41, 5.74) is 1.97. The number of benzene rings is 2. The Labute approximate surface area is 260 Å². The zero-order valence-electron chi connectivity index (χ0n) is 25.7. The topological polar surface area (TPSA) is 131 Å². The lowest BCUT2D eigenvalue weighted by Gasteiger charge is -2.26. The zero-order valence-corrected chi connectivity index (χ0v) is 25.7. The fourth-order valence-corrected chi connectivity index (χ4v) is 4.91. The lowest BCUT2D eigenvalue weighted by atomic mass is 10.0. The van der Waals surface area contributed by atoms with Gasteiger partial charge in [-0.05, 0) is 40.7 Å². The van der Waals surface area contributed by atoms with Crippen LogP contribution in [0.2, 0.25) is 0 Å². The molecular weight excluding hydrogens is 577 g/mol. The molecular formula is C33H34FN7O4. The first-order chi connectivity index (χ1) is 21.5. The number of aliphatic imine (C=N–C) groups is 1. The van der Waals surface area contributed by atoms with Crippen LogP contribution in [0.15, 0.2) is 78.0 Å². The highest BCUT2D eigenvalue weighted by Gasteiger charge is 2.30. The molecule has 2 N–H and O–H groups in total. The molecule has 0 radical (unpaired) electrons. The summed E-state index contributed by atoms with van der Waals surface area (Å²) < 4.78 is 22.6. The first kappa shape index (κ1) is 31.0. The Bertz CT molecular complexity index is 1780. The van der Waals surface area contributed by atoms with Gasteiger partial charge in [-0.25, -0.2) is 19.2 Å². The number of para-hydroxylation sites is 1.